The third-order valence-corrected chi connectivity index (χ3v) is 7.07. The number of ketones is 1. The number of rotatable bonds is 8. The molecule has 0 radical (unpaired) electrons. The van der Waals surface area contributed by atoms with Gasteiger partial charge < -0.3 is 9.88 Å². The highest BCUT2D eigenvalue weighted by atomic mass is 79.9. The molecule has 0 bridgehead atoms. The van der Waals surface area contributed by atoms with E-state index in [1.165, 1.54) is 17.8 Å². The molecule has 1 atom stereocenters. The Morgan fingerprint density at radius 2 is 1.72 bits per heavy atom. The predicted molar refractivity (Wildman–Crippen MR) is 132 cm³/mol. The first-order valence-electron chi connectivity index (χ1n) is 9.74. The van der Waals surface area contributed by atoms with Gasteiger partial charge >= 0.3 is 0 Å². The first-order chi connectivity index (χ1) is 15.2. The average Bonchev–Trinajstić information content (AvgIpc) is 3.12. The summed E-state index contributed by atoms with van der Waals surface area (Å²) in [5, 5.41) is 12.8. The topological polar surface area (TPSA) is 76.9 Å². The molecule has 0 spiro atoms. The summed E-state index contributed by atoms with van der Waals surface area (Å²) in [7, 11) is 1.82. The Morgan fingerprint density at radius 3 is 2.34 bits per heavy atom. The van der Waals surface area contributed by atoms with Gasteiger partial charge in [-0.1, -0.05) is 76.9 Å². The highest BCUT2D eigenvalue weighted by molar-refractivity contribution is 9.10. The molecule has 0 fully saturated rings. The fourth-order valence-corrected chi connectivity index (χ4v) is 4.34. The summed E-state index contributed by atoms with van der Waals surface area (Å²) >= 11 is 16.7. The van der Waals surface area contributed by atoms with E-state index in [-0.39, 0.29) is 29.4 Å². The number of hydrogen-bond donors (Lipinski definition) is 1. The minimum Gasteiger partial charge on any atom is -0.342 e. The van der Waals surface area contributed by atoms with E-state index in [1.807, 2.05) is 33.0 Å². The van der Waals surface area contributed by atoms with Crippen molar-refractivity contribution >= 4 is 62.6 Å². The van der Waals surface area contributed by atoms with Gasteiger partial charge in [-0.15, -0.1) is 10.2 Å². The average molecular weight is 556 g/mol. The fraction of sp³-hybridized carbons (Fsp3) is 0.273. The lowest BCUT2D eigenvalue weighted by atomic mass is 10.0. The summed E-state index contributed by atoms with van der Waals surface area (Å²) in [6.07, 6.45) is 0. The molecular weight excluding hydrogens is 535 g/mol. The monoisotopic (exact) mass is 554 g/mol. The van der Waals surface area contributed by atoms with Crippen molar-refractivity contribution in [3.63, 3.8) is 0 Å². The van der Waals surface area contributed by atoms with E-state index in [0.717, 1.165) is 4.47 Å². The van der Waals surface area contributed by atoms with Crippen LogP contribution in [-0.4, -0.2) is 32.2 Å². The van der Waals surface area contributed by atoms with Crippen molar-refractivity contribution in [3.05, 3.63) is 73.9 Å². The van der Waals surface area contributed by atoms with Crippen LogP contribution in [0.2, 0.25) is 10.0 Å². The Balaban J connectivity index is 1.72. The molecule has 0 aliphatic heterocycles. The van der Waals surface area contributed by atoms with Crippen molar-refractivity contribution < 1.29 is 9.59 Å². The maximum absolute atomic E-state index is 12.8. The van der Waals surface area contributed by atoms with Crippen LogP contribution in [0.25, 0.3) is 0 Å². The third kappa shape index (κ3) is 5.92. The van der Waals surface area contributed by atoms with Gasteiger partial charge in [-0.25, -0.2) is 0 Å². The quantitative estimate of drug-likeness (QED) is 0.273. The molecule has 0 unspecified atom stereocenters. The summed E-state index contributed by atoms with van der Waals surface area (Å²) in [5.74, 6) is 0.597. The standard InChI is InChI=1S/C22H21BrCl2N4O2S/c1-12(2)19(26-21(31)14-6-9-16(24)17(25)10-14)20-27-28-22(29(20)3)32-11-18(30)13-4-7-15(23)8-5-13/h4-10,12,19H,11H2,1-3H3,(H,26,31)/t19-/m1/s1. The van der Waals surface area contributed by atoms with E-state index in [1.54, 1.807) is 28.8 Å². The van der Waals surface area contributed by atoms with Gasteiger partial charge in [0, 0.05) is 22.6 Å². The second-order valence-electron chi connectivity index (χ2n) is 7.44. The van der Waals surface area contributed by atoms with E-state index in [2.05, 4.69) is 31.4 Å². The molecule has 2 aromatic carbocycles. The lowest BCUT2D eigenvalue weighted by Gasteiger charge is -2.22. The van der Waals surface area contributed by atoms with E-state index in [0.29, 0.717) is 32.2 Å². The van der Waals surface area contributed by atoms with Crippen LogP contribution in [0.5, 0.6) is 0 Å². The van der Waals surface area contributed by atoms with Gasteiger partial charge in [-0.2, -0.15) is 0 Å². The number of carbonyl (C=O) groups excluding carboxylic acids is 2. The molecular formula is C22H21BrCl2N4O2S. The lowest BCUT2D eigenvalue weighted by Crippen LogP contribution is -2.33. The van der Waals surface area contributed by atoms with Crippen LogP contribution in [0, 0.1) is 5.92 Å². The number of aromatic nitrogens is 3. The summed E-state index contributed by atoms with van der Waals surface area (Å²) in [4.78, 5) is 25.3. The van der Waals surface area contributed by atoms with Crippen molar-refractivity contribution in [1.82, 2.24) is 20.1 Å². The van der Waals surface area contributed by atoms with Gasteiger partial charge in [0.05, 0.1) is 21.8 Å². The minimum absolute atomic E-state index is 0.000351. The van der Waals surface area contributed by atoms with Crippen LogP contribution in [0.1, 0.15) is 46.4 Å². The molecule has 6 nitrogen and oxygen atoms in total. The van der Waals surface area contributed by atoms with Crippen molar-refractivity contribution in [1.29, 1.82) is 0 Å². The van der Waals surface area contributed by atoms with Gasteiger partial charge in [-0.3, -0.25) is 9.59 Å². The predicted octanol–water partition coefficient (Wildman–Crippen LogP) is 5.99. The van der Waals surface area contributed by atoms with Crippen molar-refractivity contribution in [2.75, 3.05) is 5.75 Å². The second kappa shape index (κ2) is 10.8. The number of nitrogens with zero attached hydrogens (tertiary/aromatic N) is 3. The van der Waals surface area contributed by atoms with Crippen molar-refractivity contribution in [2.24, 2.45) is 13.0 Å². The Labute approximate surface area is 209 Å². The van der Waals surface area contributed by atoms with Gasteiger partial charge in [0.2, 0.25) is 0 Å². The van der Waals surface area contributed by atoms with Gasteiger partial charge in [0.1, 0.15) is 0 Å². The van der Waals surface area contributed by atoms with Gasteiger partial charge in [-0.05, 0) is 36.2 Å². The van der Waals surface area contributed by atoms with Crippen LogP contribution < -0.4 is 5.32 Å². The van der Waals surface area contributed by atoms with Crippen LogP contribution >= 0.6 is 50.9 Å². The molecule has 0 aliphatic rings. The Morgan fingerprint density at radius 1 is 1.06 bits per heavy atom. The second-order valence-corrected chi connectivity index (χ2v) is 10.1. The number of benzene rings is 2. The molecule has 168 valence electrons. The molecule has 32 heavy (non-hydrogen) atoms. The summed E-state index contributed by atoms with van der Waals surface area (Å²) in [5.41, 5.74) is 1.04. The molecule has 0 saturated carbocycles. The maximum atomic E-state index is 12.8. The number of carbonyl (C=O) groups is 2. The number of halogens is 3. The van der Waals surface area contributed by atoms with E-state index in [4.69, 9.17) is 23.2 Å². The Bertz CT molecular complexity index is 1140. The van der Waals surface area contributed by atoms with Gasteiger partial charge in [0.25, 0.3) is 5.91 Å². The summed E-state index contributed by atoms with van der Waals surface area (Å²) in [6.45, 7) is 3.97. The van der Waals surface area contributed by atoms with Crippen LogP contribution in [0.3, 0.4) is 0 Å². The number of nitrogens with one attached hydrogen (secondary N) is 1. The first kappa shape index (κ1) is 24.8. The number of hydrogen-bond acceptors (Lipinski definition) is 5. The molecule has 0 saturated heterocycles. The van der Waals surface area contributed by atoms with Crippen LogP contribution in [0.15, 0.2) is 52.1 Å². The minimum atomic E-state index is -0.383. The Hall–Kier alpha value is -1.87. The SMILES string of the molecule is CC(C)[C@@H](NC(=O)c1ccc(Cl)c(Cl)c1)c1nnc(SCC(=O)c2ccc(Br)cc2)n1C. The molecule has 1 aromatic heterocycles. The zero-order valence-corrected chi connectivity index (χ0v) is 21.5. The van der Waals surface area contributed by atoms with Crippen molar-refractivity contribution in [3.8, 4) is 0 Å². The van der Waals surface area contributed by atoms with E-state index >= 15 is 0 Å². The van der Waals surface area contributed by atoms with Crippen molar-refractivity contribution in [2.45, 2.75) is 25.0 Å². The molecule has 3 rings (SSSR count). The van der Waals surface area contributed by atoms with E-state index in [9.17, 15) is 9.59 Å². The third-order valence-electron chi connectivity index (χ3n) is 4.78. The molecule has 10 heteroatoms. The summed E-state index contributed by atoms with van der Waals surface area (Å²) < 4.78 is 2.72. The van der Waals surface area contributed by atoms with Crippen LogP contribution in [-0.2, 0) is 7.05 Å². The zero-order valence-electron chi connectivity index (χ0n) is 17.6. The molecule has 0 aliphatic carbocycles. The highest BCUT2D eigenvalue weighted by Crippen LogP contribution is 2.26. The molecule has 1 amide bonds. The number of amides is 1. The highest BCUT2D eigenvalue weighted by Gasteiger charge is 2.25. The lowest BCUT2D eigenvalue weighted by molar-refractivity contribution is 0.0921. The summed E-state index contributed by atoms with van der Waals surface area (Å²) in [6, 6.07) is 11.6. The number of Topliss-reactive ketones (excluding diaryl/α,β-unsaturated/α-hetero) is 1. The molecule has 1 heterocycles. The van der Waals surface area contributed by atoms with Gasteiger partial charge in [0.15, 0.2) is 16.8 Å². The van der Waals surface area contributed by atoms with Crippen LogP contribution in [0.4, 0.5) is 0 Å². The normalized spacial score (nSPS) is 12.1. The zero-order chi connectivity index (χ0) is 23.4. The first-order valence-corrected chi connectivity index (χ1v) is 12.3. The molecule has 1 N–H and O–H groups in total. The smallest absolute Gasteiger partial charge is 0.251 e. The fourth-order valence-electron chi connectivity index (χ4n) is 2.96. The number of thioether (sulfide) groups is 1. The maximum Gasteiger partial charge on any atom is 0.251 e. The molecule has 3 aromatic rings. The largest absolute Gasteiger partial charge is 0.342 e. The Kier molecular flexibility index (Phi) is 8.38. The van der Waals surface area contributed by atoms with E-state index < -0.39 is 0 Å².